The molecule has 2 aromatic rings. The number of morpholine rings is 1. The molecule has 1 atom stereocenters. The number of ether oxygens (including phenoxy) is 1. The van der Waals surface area contributed by atoms with Gasteiger partial charge >= 0.3 is 0 Å². The Morgan fingerprint density at radius 3 is 3.13 bits per heavy atom. The summed E-state index contributed by atoms with van der Waals surface area (Å²) in [5.74, 6) is 0.614. The molecule has 0 unspecified atom stereocenters. The summed E-state index contributed by atoms with van der Waals surface area (Å²) in [4.78, 5) is 26.0. The smallest absolute Gasteiger partial charge is 0.223 e. The van der Waals surface area contributed by atoms with Crippen molar-refractivity contribution in [1.82, 2.24) is 19.9 Å². The first-order valence-electron chi connectivity index (χ1n) is 7.57. The largest absolute Gasteiger partial charge is 0.373 e. The summed E-state index contributed by atoms with van der Waals surface area (Å²) in [5, 5.41) is 3.18. The van der Waals surface area contributed by atoms with E-state index in [0.29, 0.717) is 32.2 Å². The number of rotatable bonds is 4. The fraction of sp³-hybridized carbons (Fsp3) is 0.375. The van der Waals surface area contributed by atoms with Crippen molar-refractivity contribution in [3.05, 3.63) is 36.8 Å². The van der Waals surface area contributed by atoms with Gasteiger partial charge in [0, 0.05) is 50.7 Å². The Morgan fingerprint density at radius 2 is 2.35 bits per heavy atom. The average Bonchev–Trinajstić information content (AvgIpc) is 2.61. The predicted octanol–water partition coefficient (Wildman–Crippen LogP) is 1.20. The van der Waals surface area contributed by atoms with Crippen molar-refractivity contribution < 1.29 is 9.53 Å². The summed E-state index contributed by atoms with van der Waals surface area (Å²) < 4.78 is 5.67. The third kappa shape index (κ3) is 4.01. The summed E-state index contributed by atoms with van der Waals surface area (Å²) in [6.07, 6.45) is 5.14. The van der Waals surface area contributed by atoms with Crippen LogP contribution in [0.1, 0.15) is 6.92 Å². The lowest BCUT2D eigenvalue weighted by molar-refractivity contribution is -0.135. The van der Waals surface area contributed by atoms with Crippen LogP contribution in [0, 0.1) is 0 Å². The first-order valence-corrected chi connectivity index (χ1v) is 7.57. The van der Waals surface area contributed by atoms with Crippen LogP contribution in [-0.2, 0) is 9.53 Å². The highest BCUT2D eigenvalue weighted by molar-refractivity contribution is 5.73. The van der Waals surface area contributed by atoms with Crippen LogP contribution < -0.4 is 5.32 Å². The molecule has 1 aliphatic heterocycles. The molecule has 0 bridgehead atoms. The second-order valence-electron chi connectivity index (χ2n) is 5.35. The van der Waals surface area contributed by atoms with Crippen molar-refractivity contribution in [3.8, 4) is 11.3 Å². The van der Waals surface area contributed by atoms with Gasteiger partial charge in [-0.3, -0.25) is 9.78 Å². The van der Waals surface area contributed by atoms with Gasteiger partial charge in [-0.25, -0.2) is 9.97 Å². The van der Waals surface area contributed by atoms with Gasteiger partial charge < -0.3 is 15.0 Å². The highest BCUT2D eigenvalue weighted by Crippen LogP contribution is 2.16. The molecule has 1 N–H and O–H groups in total. The summed E-state index contributed by atoms with van der Waals surface area (Å²) in [7, 11) is 0. The molecule has 1 saturated heterocycles. The molecule has 0 spiro atoms. The van der Waals surface area contributed by atoms with Gasteiger partial charge in [0.25, 0.3) is 0 Å². The number of nitrogens with one attached hydrogen (secondary N) is 1. The molecule has 0 aliphatic carbocycles. The number of nitrogens with zero attached hydrogens (tertiary/aromatic N) is 4. The topological polar surface area (TPSA) is 80.2 Å². The first kappa shape index (κ1) is 15.4. The fourth-order valence-corrected chi connectivity index (χ4v) is 2.45. The van der Waals surface area contributed by atoms with Crippen molar-refractivity contribution in [2.75, 3.05) is 31.6 Å². The summed E-state index contributed by atoms with van der Waals surface area (Å²) in [6.45, 7) is 3.93. The van der Waals surface area contributed by atoms with Gasteiger partial charge in [0.05, 0.1) is 18.4 Å². The molecular weight excluding hydrogens is 294 g/mol. The van der Waals surface area contributed by atoms with Crippen LogP contribution >= 0.6 is 0 Å². The standard InChI is InChI=1S/C16H19N5O2/c1-12(22)21-7-8-23-14(11-21)10-19-16-18-6-4-15(20-16)13-3-2-5-17-9-13/h2-6,9,14H,7-8,10-11H2,1H3,(H,18,19,20)/t14-/m0/s1. The van der Waals surface area contributed by atoms with Crippen molar-refractivity contribution >= 4 is 11.9 Å². The van der Waals surface area contributed by atoms with Crippen molar-refractivity contribution in [2.24, 2.45) is 0 Å². The van der Waals surface area contributed by atoms with Gasteiger partial charge in [-0.05, 0) is 18.2 Å². The van der Waals surface area contributed by atoms with Gasteiger partial charge in [0.2, 0.25) is 11.9 Å². The van der Waals surface area contributed by atoms with Crippen LogP contribution in [0.5, 0.6) is 0 Å². The molecule has 7 heteroatoms. The maximum Gasteiger partial charge on any atom is 0.223 e. The van der Waals surface area contributed by atoms with Gasteiger partial charge in [-0.1, -0.05) is 0 Å². The van der Waals surface area contributed by atoms with Crippen LogP contribution in [0.2, 0.25) is 0 Å². The van der Waals surface area contributed by atoms with E-state index in [4.69, 9.17) is 4.74 Å². The molecule has 120 valence electrons. The van der Waals surface area contributed by atoms with Crippen LogP contribution in [-0.4, -0.2) is 58.1 Å². The Labute approximate surface area is 134 Å². The molecule has 0 aromatic carbocycles. The second-order valence-corrected chi connectivity index (χ2v) is 5.35. The molecule has 2 aromatic heterocycles. The molecule has 7 nitrogen and oxygen atoms in total. The first-order chi connectivity index (χ1) is 11.2. The van der Waals surface area contributed by atoms with E-state index in [1.165, 1.54) is 0 Å². The molecule has 3 rings (SSSR count). The van der Waals surface area contributed by atoms with Gasteiger partial charge in [0.1, 0.15) is 0 Å². The van der Waals surface area contributed by atoms with E-state index in [1.54, 1.807) is 30.4 Å². The predicted molar refractivity (Wildman–Crippen MR) is 85.7 cm³/mol. The summed E-state index contributed by atoms with van der Waals surface area (Å²) in [6, 6.07) is 5.67. The van der Waals surface area contributed by atoms with Crippen LogP contribution in [0.4, 0.5) is 5.95 Å². The minimum atomic E-state index is -0.0571. The third-order valence-electron chi connectivity index (χ3n) is 3.68. The maximum atomic E-state index is 11.4. The molecule has 1 fully saturated rings. The summed E-state index contributed by atoms with van der Waals surface area (Å²) >= 11 is 0. The SMILES string of the molecule is CC(=O)N1CCO[C@@H](CNc2nccc(-c3cccnc3)n2)C1. The van der Waals surface area contributed by atoms with E-state index in [-0.39, 0.29) is 12.0 Å². The van der Waals surface area contributed by atoms with E-state index in [0.717, 1.165) is 11.3 Å². The minimum absolute atomic E-state index is 0.0571. The van der Waals surface area contributed by atoms with Crippen LogP contribution in [0.15, 0.2) is 36.8 Å². The van der Waals surface area contributed by atoms with Crippen molar-refractivity contribution in [3.63, 3.8) is 0 Å². The normalized spacial score (nSPS) is 17.8. The highest BCUT2D eigenvalue weighted by Gasteiger charge is 2.22. The number of anilines is 1. The zero-order valence-corrected chi connectivity index (χ0v) is 13.0. The number of aromatic nitrogens is 3. The van der Waals surface area contributed by atoms with E-state index in [9.17, 15) is 4.79 Å². The summed E-state index contributed by atoms with van der Waals surface area (Å²) in [5.41, 5.74) is 1.75. The van der Waals surface area contributed by atoms with Crippen molar-refractivity contribution in [2.45, 2.75) is 13.0 Å². The van der Waals surface area contributed by atoms with Crippen molar-refractivity contribution in [1.29, 1.82) is 0 Å². The fourth-order valence-electron chi connectivity index (χ4n) is 2.45. The quantitative estimate of drug-likeness (QED) is 0.913. The molecule has 0 saturated carbocycles. The monoisotopic (exact) mass is 313 g/mol. The van der Waals surface area contributed by atoms with E-state index in [1.807, 2.05) is 18.2 Å². The molecule has 23 heavy (non-hydrogen) atoms. The Bertz CT molecular complexity index is 665. The molecular formula is C16H19N5O2. The van der Waals surface area contributed by atoms with E-state index < -0.39 is 0 Å². The zero-order valence-electron chi connectivity index (χ0n) is 13.0. The molecule has 0 radical (unpaired) electrons. The number of carbonyl (C=O) groups is 1. The lowest BCUT2D eigenvalue weighted by Crippen LogP contribution is -2.47. The van der Waals surface area contributed by atoms with Gasteiger partial charge in [-0.15, -0.1) is 0 Å². The number of carbonyl (C=O) groups excluding carboxylic acids is 1. The Balaban J connectivity index is 1.61. The van der Waals surface area contributed by atoms with Crippen LogP contribution in [0.3, 0.4) is 0 Å². The molecule has 1 aliphatic rings. The second kappa shape index (κ2) is 7.15. The minimum Gasteiger partial charge on any atom is -0.373 e. The Kier molecular flexibility index (Phi) is 4.77. The Morgan fingerprint density at radius 1 is 1.43 bits per heavy atom. The Hall–Kier alpha value is -2.54. The molecule has 3 heterocycles. The number of amides is 1. The average molecular weight is 313 g/mol. The van der Waals surface area contributed by atoms with Gasteiger partial charge in [-0.2, -0.15) is 0 Å². The maximum absolute atomic E-state index is 11.4. The highest BCUT2D eigenvalue weighted by atomic mass is 16.5. The van der Waals surface area contributed by atoms with E-state index >= 15 is 0 Å². The van der Waals surface area contributed by atoms with E-state index in [2.05, 4.69) is 20.3 Å². The third-order valence-corrected chi connectivity index (χ3v) is 3.68. The zero-order chi connectivity index (χ0) is 16.1. The number of pyridine rings is 1. The number of hydrogen-bond donors (Lipinski definition) is 1. The van der Waals surface area contributed by atoms with Gasteiger partial charge in [0.15, 0.2) is 0 Å². The molecule has 1 amide bonds. The number of hydrogen-bond acceptors (Lipinski definition) is 6. The lowest BCUT2D eigenvalue weighted by atomic mass is 10.2. The lowest BCUT2D eigenvalue weighted by Gasteiger charge is -2.32. The van der Waals surface area contributed by atoms with Crippen LogP contribution in [0.25, 0.3) is 11.3 Å².